The van der Waals surface area contributed by atoms with Crippen LogP contribution in [0, 0.1) is 0 Å². The van der Waals surface area contributed by atoms with Crippen molar-refractivity contribution in [3.8, 4) is 0 Å². The number of carbonyl (C=O) groups excluding carboxylic acids is 2. The minimum atomic E-state index is -0.598. The lowest BCUT2D eigenvalue weighted by Gasteiger charge is -2.04. The average Bonchev–Trinajstić information content (AvgIpc) is 2.72. The van der Waals surface area contributed by atoms with Gasteiger partial charge in [-0.3, -0.25) is 4.79 Å². The summed E-state index contributed by atoms with van der Waals surface area (Å²) >= 11 is 6.63. The summed E-state index contributed by atoms with van der Waals surface area (Å²) in [6.45, 7) is 2.60. The number of thiazole rings is 1. The first kappa shape index (κ1) is 14.9. The van der Waals surface area contributed by atoms with Crippen LogP contribution in [0.1, 0.15) is 27.1 Å². The van der Waals surface area contributed by atoms with Gasteiger partial charge in [0.15, 0.2) is 10.2 Å². The van der Waals surface area contributed by atoms with Crippen molar-refractivity contribution in [2.45, 2.75) is 6.92 Å². The molecule has 1 aromatic heterocycles. The third kappa shape index (κ3) is 3.94. The standard InChI is InChI=1S/C10H13ClN2O4S/c1-3-17-9(15)7-6(13-10(11)18-7)8(14)12-4-5-16-2/h3-5H2,1-2H3,(H,12,14). The van der Waals surface area contributed by atoms with Gasteiger partial charge in [-0.15, -0.1) is 0 Å². The molecule has 18 heavy (non-hydrogen) atoms. The van der Waals surface area contributed by atoms with E-state index in [-0.39, 0.29) is 21.6 Å². The number of rotatable bonds is 6. The highest BCUT2D eigenvalue weighted by Gasteiger charge is 2.23. The van der Waals surface area contributed by atoms with Crippen molar-refractivity contribution in [2.24, 2.45) is 0 Å². The van der Waals surface area contributed by atoms with Gasteiger partial charge in [-0.05, 0) is 6.92 Å². The number of ether oxygens (including phenoxy) is 2. The molecule has 8 heteroatoms. The maximum atomic E-state index is 11.8. The average molecular weight is 293 g/mol. The van der Waals surface area contributed by atoms with E-state index in [1.54, 1.807) is 6.92 Å². The molecule has 1 aromatic rings. The van der Waals surface area contributed by atoms with Crippen molar-refractivity contribution < 1.29 is 19.1 Å². The van der Waals surface area contributed by atoms with E-state index in [2.05, 4.69) is 10.3 Å². The van der Waals surface area contributed by atoms with Crippen LogP contribution in [-0.4, -0.2) is 43.7 Å². The summed E-state index contributed by atoms with van der Waals surface area (Å²) < 4.78 is 9.75. The fourth-order valence-corrected chi connectivity index (χ4v) is 2.13. The van der Waals surface area contributed by atoms with Gasteiger partial charge in [0, 0.05) is 13.7 Å². The van der Waals surface area contributed by atoms with Gasteiger partial charge >= 0.3 is 5.97 Å². The zero-order valence-corrected chi connectivity index (χ0v) is 11.6. The molecule has 0 unspecified atom stereocenters. The Labute approximate surface area is 113 Å². The number of carbonyl (C=O) groups is 2. The number of hydrogen-bond acceptors (Lipinski definition) is 6. The van der Waals surface area contributed by atoms with Crippen molar-refractivity contribution in [3.63, 3.8) is 0 Å². The molecule has 0 aliphatic carbocycles. The van der Waals surface area contributed by atoms with Gasteiger partial charge in [0.2, 0.25) is 0 Å². The number of hydrogen-bond donors (Lipinski definition) is 1. The second-order valence-electron chi connectivity index (χ2n) is 3.11. The van der Waals surface area contributed by atoms with Gasteiger partial charge in [0.25, 0.3) is 5.91 Å². The van der Waals surface area contributed by atoms with Gasteiger partial charge in [0.05, 0.1) is 13.2 Å². The summed E-state index contributed by atoms with van der Waals surface area (Å²) in [4.78, 5) is 27.3. The van der Waals surface area contributed by atoms with Gasteiger partial charge in [-0.2, -0.15) is 0 Å². The van der Waals surface area contributed by atoms with Crippen molar-refractivity contribution in [1.29, 1.82) is 0 Å². The van der Waals surface area contributed by atoms with Crippen LogP contribution in [-0.2, 0) is 9.47 Å². The summed E-state index contributed by atoms with van der Waals surface area (Å²) in [5.74, 6) is -1.07. The first-order chi connectivity index (χ1) is 8.60. The first-order valence-electron chi connectivity index (χ1n) is 5.20. The number of nitrogens with zero attached hydrogens (tertiary/aromatic N) is 1. The molecule has 1 N–H and O–H groups in total. The third-order valence-corrected chi connectivity index (χ3v) is 3.01. The Kier molecular flexibility index (Phi) is 6.03. The van der Waals surface area contributed by atoms with Crippen LogP contribution in [0.2, 0.25) is 4.47 Å². The molecule has 0 aliphatic heterocycles. The molecule has 1 rings (SSSR count). The fraction of sp³-hybridized carbons (Fsp3) is 0.500. The predicted molar refractivity (Wildman–Crippen MR) is 67.3 cm³/mol. The molecule has 0 aliphatic rings. The Balaban J connectivity index is 2.81. The van der Waals surface area contributed by atoms with E-state index in [9.17, 15) is 9.59 Å². The fourth-order valence-electron chi connectivity index (χ4n) is 1.13. The van der Waals surface area contributed by atoms with E-state index in [0.29, 0.717) is 13.2 Å². The Morgan fingerprint density at radius 2 is 2.22 bits per heavy atom. The molecular weight excluding hydrogens is 280 g/mol. The highest BCUT2D eigenvalue weighted by Crippen LogP contribution is 2.23. The smallest absolute Gasteiger partial charge is 0.350 e. The molecule has 1 heterocycles. The molecule has 0 aromatic carbocycles. The normalized spacial score (nSPS) is 10.2. The summed E-state index contributed by atoms with van der Waals surface area (Å²) in [5.41, 5.74) is -0.0143. The minimum Gasteiger partial charge on any atom is -0.462 e. The number of nitrogens with one attached hydrogen (secondary N) is 1. The summed E-state index contributed by atoms with van der Waals surface area (Å²) in [6.07, 6.45) is 0. The molecule has 6 nitrogen and oxygen atoms in total. The van der Waals surface area contributed by atoms with E-state index >= 15 is 0 Å². The molecule has 0 spiro atoms. The van der Waals surface area contributed by atoms with Gasteiger partial charge in [-0.25, -0.2) is 9.78 Å². The van der Waals surface area contributed by atoms with Crippen LogP contribution < -0.4 is 5.32 Å². The molecule has 0 saturated heterocycles. The van der Waals surface area contributed by atoms with E-state index < -0.39 is 11.9 Å². The van der Waals surface area contributed by atoms with Crippen molar-refractivity contribution in [1.82, 2.24) is 10.3 Å². The van der Waals surface area contributed by atoms with Gasteiger partial charge < -0.3 is 14.8 Å². The van der Waals surface area contributed by atoms with Gasteiger partial charge in [-0.1, -0.05) is 22.9 Å². The van der Waals surface area contributed by atoms with Crippen LogP contribution in [0.15, 0.2) is 0 Å². The maximum absolute atomic E-state index is 11.8. The lowest BCUT2D eigenvalue weighted by Crippen LogP contribution is -2.28. The second kappa shape index (κ2) is 7.30. The van der Waals surface area contributed by atoms with Gasteiger partial charge in [0.1, 0.15) is 4.88 Å². The van der Waals surface area contributed by atoms with Crippen LogP contribution in [0.4, 0.5) is 0 Å². The maximum Gasteiger partial charge on any atom is 0.350 e. The summed E-state index contributed by atoms with van der Waals surface area (Å²) in [5, 5.41) is 2.56. The van der Waals surface area contributed by atoms with Crippen LogP contribution in [0.25, 0.3) is 0 Å². The van der Waals surface area contributed by atoms with E-state index in [1.807, 2.05) is 0 Å². The van der Waals surface area contributed by atoms with Crippen LogP contribution in [0.5, 0.6) is 0 Å². The number of methoxy groups -OCH3 is 1. The lowest BCUT2D eigenvalue weighted by molar-refractivity contribution is 0.0528. The molecule has 0 fully saturated rings. The summed E-state index contributed by atoms with van der Waals surface area (Å²) in [7, 11) is 1.52. The molecule has 1 amide bonds. The number of esters is 1. The number of amides is 1. The molecule has 0 atom stereocenters. The van der Waals surface area contributed by atoms with Crippen LogP contribution >= 0.6 is 22.9 Å². The predicted octanol–water partition coefficient (Wildman–Crippen LogP) is 1.35. The minimum absolute atomic E-state index is 0.0143. The molecule has 100 valence electrons. The van der Waals surface area contributed by atoms with Crippen molar-refractivity contribution in [2.75, 3.05) is 26.9 Å². The third-order valence-electron chi connectivity index (χ3n) is 1.87. The monoisotopic (exact) mass is 292 g/mol. The Morgan fingerprint density at radius 3 is 2.83 bits per heavy atom. The highest BCUT2D eigenvalue weighted by atomic mass is 35.5. The topological polar surface area (TPSA) is 77.5 Å². The first-order valence-corrected chi connectivity index (χ1v) is 6.40. The zero-order valence-electron chi connectivity index (χ0n) is 9.99. The van der Waals surface area contributed by atoms with E-state index in [4.69, 9.17) is 21.1 Å². The quantitative estimate of drug-likeness (QED) is 0.632. The molecule has 0 bridgehead atoms. The van der Waals surface area contributed by atoms with E-state index in [0.717, 1.165) is 11.3 Å². The molecule has 0 saturated carbocycles. The number of halogens is 1. The molecular formula is C10H13ClN2O4S. The number of aromatic nitrogens is 1. The SMILES string of the molecule is CCOC(=O)c1sc(Cl)nc1C(=O)NCCOC. The summed E-state index contributed by atoms with van der Waals surface area (Å²) in [6, 6.07) is 0. The largest absolute Gasteiger partial charge is 0.462 e. The lowest BCUT2D eigenvalue weighted by atomic mass is 10.3. The van der Waals surface area contributed by atoms with Crippen LogP contribution in [0.3, 0.4) is 0 Å². The Bertz CT molecular complexity index is 436. The highest BCUT2D eigenvalue weighted by molar-refractivity contribution is 7.17. The Hall–Kier alpha value is -1.18. The second-order valence-corrected chi connectivity index (χ2v) is 4.69. The van der Waals surface area contributed by atoms with Crippen molar-refractivity contribution >= 4 is 34.8 Å². The zero-order chi connectivity index (χ0) is 13.5. The Morgan fingerprint density at radius 1 is 1.50 bits per heavy atom. The van der Waals surface area contributed by atoms with E-state index in [1.165, 1.54) is 7.11 Å². The molecule has 0 radical (unpaired) electrons. The van der Waals surface area contributed by atoms with Crippen molar-refractivity contribution in [3.05, 3.63) is 15.0 Å².